The number of aryl methyl sites for hydroxylation is 1. The van der Waals surface area contributed by atoms with Crippen LogP contribution in [0.2, 0.25) is 0 Å². The third kappa shape index (κ3) is 5.83. The molecule has 41 heavy (non-hydrogen) atoms. The van der Waals surface area contributed by atoms with Crippen LogP contribution in [0.3, 0.4) is 0 Å². The second kappa shape index (κ2) is 11.7. The molecule has 2 aromatic heterocycles. The number of hydrogen-bond donors (Lipinski definition) is 3. The van der Waals surface area contributed by atoms with Gasteiger partial charge in [-0.1, -0.05) is 6.58 Å². The third-order valence-electron chi connectivity index (χ3n) is 7.32. The first-order chi connectivity index (χ1) is 19.8. The van der Waals surface area contributed by atoms with Gasteiger partial charge in [-0.3, -0.25) is 19.1 Å². The molecule has 3 aromatic rings. The van der Waals surface area contributed by atoms with E-state index in [4.69, 9.17) is 10.5 Å². The van der Waals surface area contributed by atoms with Crippen LogP contribution in [0.5, 0.6) is 5.75 Å². The Morgan fingerprint density at radius 1 is 1.12 bits per heavy atom. The predicted molar refractivity (Wildman–Crippen MR) is 153 cm³/mol. The fourth-order valence-corrected chi connectivity index (χ4v) is 4.97. The maximum Gasteiger partial charge on any atom is 0.254 e. The van der Waals surface area contributed by atoms with Gasteiger partial charge in [0, 0.05) is 44.1 Å². The molecule has 2 aliphatic rings. The number of ether oxygens (including phenoxy) is 1. The number of anilines is 4. The molecule has 2 fully saturated rings. The molecule has 2 saturated heterocycles. The SMILES string of the molecule is C=CC(=O)N1CCCC(n2cc(Nc3ncc(C(N)=O)c(Nc4c(C)cc(C(=O)N5CCC5)cc4OC)n3)cn2)C1. The van der Waals surface area contributed by atoms with Crippen LogP contribution in [0.25, 0.3) is 0 Å². The zero-order valence-corrected chi connectivity index (χ0v) is 23.1. The van der Waals surface area contributed by atoms with Crippen LogP contribution in [0.15, 0.2) is 43.4 Å². The lowest BCUT2D eigenvalue weighted by atomic mass is 10.1. The number of rotatable bonds is 9. The van der Waals surface area contributed by atoms with E-state index in [0.29, 0.717) is 35.8 Å². The van der Waals surface area contributed by atoms with Crippen molar-refractivity contribution in [1.29, 1.82) is 0 Å². The number of benzene rings is 1. The molecule has 0 bridgehead atoms. The largest absolute Gasteiger partial charge is 0.495 e. The van der Waals surface area contributed by atoms with Crippen molar-refractivity contribution in [2.45, 2.75) is 32.2 Å². The van der Waals surface area contributed by atoms with E-state index in [1.54, 1.807) is 28.1 Å². The summed E-state index contributed by atoms with van der Waals surface area (Å²) in [5.74, 6) is -0.0299. The second-order valence-corrected chi connectivity index (χ2v) is 10.1. The highest BCUT2D eigenvalue weighted by atomic mass is 16.5. The first kappa shape index (κ1) is 27.6. The van der Waals surface area contributed by atoms with Gasteiger partial charge in [0.05, 0.1) is 30.7 Å². The summed E-state index contributed by atoms with van der Waals surface area (Å²) < 4.78 is 7.41. The lowest BCUT2D eigenvalue weighted by molar-refractivity contribution is -0.127. The minimum atomic E-state index is -0.705. The van der Waals surface area contributed by atoms with Crippen LogP contribution < -0.4 is 21.1 Å². The van der Waals surface area contributed by atoms with E-state index < -0.39 is 5.91 Å². The molecule has 0 aliphatic carbocycles. The van der Waals surface area contributed by atoms with Crippen molar-refractivity contribution in [3.8, 4) is 5.75 Å². The standard InChI is InChI=1S/C28H33N9O4/c1-4-23(38)36-8-5-7-20(16-36)37-15-19(13-31-37)32-28-30-14-21(25(29)39)26(34-28)33-24-17(2)11-18(12-22(24)41-3)27(40)35-9-6-10-35/h4,11-15,20H,1,5-10,16H2,2-3H3,(H2,29,39)(H2,30,32,33,34). The van der Waals surface area contributed by atoms with E-state index in [9.17, 15) is 14.4 Å². The average molecular weight is 560 g/mol. The van der Waals surface area contributed by atoms with Crippen molar-refractivity contribution in [2.75, 3.05) is 43.9 Å². The van der Waals surface area contributed by atoms with Crippen molar-refractivity contribution < 1.29 is 19.1 Å². The zero-order valence-electron chi connectivity index (χ0n) is 23.1. The van der Waals surface area contributed by atoms with Crippen molar-refractivity contribution >= 4 is 40.9 Å². The van der Waals surface area contributed by atoms with Crippen LogP contribution in [-0.2, 0) is 4.79 Å². The van der Waals surface area contributed by atoms with Gasteiger partial charge in [-0.05, 0) is 50.0 Å². The van der Waals surface area contributed by atoms with Crippen LogP contribution in [-0.4, -0.2) is 80.6 Å². The molecule has 4 N–H and O–H groups in total. The lowest BCUT2D eigenvalue weighted by Crippen LogP contribution is -2.42. The van der Waals surface area contributed by atoms with Crippen LogP contribution >= 0.6 is 0 Å². The number of primary amides is 1. The number of methoxy groups -OCH3 is 1. The number of piperidine rings is 1. The smallest absolute Gasteiger partial charge is 0.254 e. The molecule has 5 rings (SSSR count). The van der Waals surface area contributed by atoms with E-state index in [2.05, 4.69) is 32.3 Å². The van der Waals surface area contributed by atoms with Crippen LogP contribution in [0, 0.1) is 6.92 Å². The molecule has 1 atom stereocenters. The van der Waals surface area contributed by atoms with Crippen molar-refractivity contribution in [3.63, 3.8) is 0 Å². The van der Waals surface area contributed by atoms with Gasteiger partial charge >= 0.3 is 0 Å². The van der Waals surface area contributed by atoms with Crippen LogP contribution in [0.1, 0.15) is 51.6 Å². The van der Waals surface area contributed by atoms with E-state index in [1.165, 1.54) is 19.4 Å². The topological polar surface area (TPSA) is 161 Å². The van der Waals surface area contributed by atoms with Crippen molar-refractivity contribution in [3.05, 3.63) is 60.1 Å². The monoisotopic (exact) mass is 559 g/mol. The summed E-state index contributed by atoms with van der Waals surface area (Å²) >= 11 is 0. The second-order valence-electron chi connectivity index (χ2n) is 10.1. The van der Waals surface area contributed by atoms with Gasteiger partial charge < -0.3 is 30.9 Å². The molecule has 13 nitrogen and oxygen atoms in total. The molecule has 4 heterocycles. The summed E-state index contributed by atoms with van der Waals surface area (Å²) in [5.41, 5.74) is 8.14. The maximum atomic E-state index is 12.8. The average Bonchev–Trinajstić information content (AvgIpc) is 3.41. The Morgan fingerprint density at radius 3 is 2.59 bits per heavy atom. The Kier molecular flexibility index (Phi) is 7.86. The number of hydrogen-bond acceptors (Lipinski definition) is 9. The molecule has 0 saturated carbocycles. The van der Waals surface area contributed by atoms with E-state index in [1.807, 2.05) is 17.8 Å². The molecule has 13 heteroatoms. The Morgan fingerprint density at radius 2 is 1.90 bits per heavy atom. The van der Waals surface area contributed by atoms with E-state index in [0.717, 1.165) is 37.9 Å². The van der Waals surface area contributed by atoms with Gasteiger partial charge in [0.25, 0.3) is 11.8 Å². The minimum absolute atomic E-state index is 0.0324. The molecule has 1 unspecified atom stereocenters. The first-order valence-corrected chi connectivity index (χ1v) is 13.4. The lowest BCUT2D eigenvalue weighted by Gasteiger charge is -2.32. The Bertz CT molecular complexity index is 1500. The number of aromatic nitrogens is 4. The van der Waals surface area contributed by atoms with E-state index >= 15 is 0 Å². The van der Waals surface area contributed by atoms with Gasteiger partial charge in [0.2, 0.25) is 11.9 Å². The number of amides is 3. The molecule has 3 amide bonds. The number of likely N-dealkylation sites (tertiary alicyclic amines) is 2. The molecular formula is C28H33N9O4. The highest BCUT2D eigenvalue weighted by Crippen LogP contribution is 2.34. The number of carbonyl (C=O) groups excluding carboxylic acids is 3. The summed E-state index contributed by atoms with van der Waals surface area (Å²) in [6.07, 6.45) is 8.90. The molecule has 1 aromatic carbocycles. The highest BCUT2D eigenvalue weighted by Gasteiger charge is 2.25. The summed E-state index contributed by atoms with van der Waals surface area (Å²) in [5, 5.41) is 10.7. The Labute approximate surface area is 237 Å². The fraction of sp³-hybridized carbons (Fsp3) is 0.357. The van der Waals surface area contributed by atoms with Gasteiger partial charge in [-0.15, -0.1) is 0 Å². The highest BCUT2D eigenvalue weighted by molar-refractivity contribution is 5.99. The number of carbonyl (C=O) groups is 3. The van der Waals surface area contributed by atoms with Crippen molar-refractivity contribution in [2.24, 2.45) is 5.73 Å². The number of nitrogens with one attached hydrogen (secondary N) is 2. The van der Waals surface area contributed by atoms with Gasteiger partial charge in [-0.25, -0.2) is 4.98 Å². The molecule has 214 valence electrons. The Balaban J connectivity index is 1.37. The minimum Gasteiger partial charge on any atom is -0.495 e. The quantitative estimate of drug-likeness (QED) is 0.335. The van der Waals surface area contributed by atoms with Gasteiger partial charge in [0.15, 0.2) is 0 Å². The number of nitrogens with two attached hydrogens (primary N) is 1. The summed E-state index contributed by atoms with van der Waals surface area (Å²) in [6, 6.07) is 3.48. The normalized spacial score (nSPS) is 16.5. The number of nitrogens with zero attached hydrogens (tertiary/aromatic N) is 6. The predicted octanol–water partition coefficient (Wildman–Crippen LogP) is 2.77. The summed E-state index contributed by atoms with van der Waals surface area (Å²) in [7, 11) is 1.51. The third-order valence-corrected chi connectivity index (χ3v) is 7.32. The van der Waals surface area contributed by atoms with Gasteiger partial charge in [0.1, 0.15) is 17.1 Å². The van der Waals surface area contributed by atoms with Gasteiger partial charge in [-0.2, -0.15) is 10.1 Å². The molecule has 0 spiro atoms. The maximum absolute atomic E-state index is 12.8. The zero-order chi connectivity index (χ0) is 29.1. The van der Waals surface area contributed by atoms with Crippen LogP contribution in [0.4, 0.5) is 23.1 Å². The molecule has 0 radical (unpaired) electrons. The van der Waals surface area contributed by atoms with Crippen molar-refractivity contribution in [1.82, 2.24) is 29.5 Å². The summed E-state index contributed by atoms with van der Waals surface area (Å²) in [6.45, 7) is 8.15. The summed E-state index contributed by atoms with van der Waals surface area (Å²) in [4.78, 5) is 49.4. The van der Waals surface area contributed by atoms with E-state index in [-0.39, 0.29) is 35.2 Å². The molecular weight excluding hydrogens is 526 g/mol. The fourth-order valence-electron chi connectivity index (χ4n) is 4.97. The molecule has 2 aliphatic heterocycles. The first-order valence-electron chi connectivity index (χ1n) is 13.4. The Hall–Kier alpha value is -4.94.